The number of benzene rings is 3. The molecule has 1 saturated heterocycles. The zero-order valence-electron chi connectivity index (χ0n) is 15.3. The van der Waals surface area contributed by atoms with E-state index in [1.165, 1.54) is 5.56 Å². The average Bonchev–Trinajstić information content (AvgIpc) is 2.72. The highest BCUT2D eigenvalue weighted by Gasteiger charge is 2.50. The molecule has 0 bridgehead atoms. The Morgan fingerprint density at radius 1 is 0.889 bits per heavy atom. The number of carbonyl (C=O) groups excluding carboxylic acids is 1. The smallest absolute Gasteiger partial charge is 0.243 e. The molecule has 0 radical (unpaired) electrons. The van der Waals surface area contributed by atoms with Crippen LogP contribution in [0.2, 0.25) is 0 Å². The summed E-state index contributed by atoms with van der Waals surface area (Å²) in [6.07, 6.45) is 0. The van der Waals surface area contributed by atoms with E-state index in [1.807, 2.05) is 47.4 Å². The number of para-hydroxylation sites is 2. The Morgan fingerprint density at radius 2 is 1.56 bits per heavy atom. The van der Waals surface area contributed by atoms with Crippen molar-refractivity contribution in [2.45, 2.75) is 23.1 Å². The Balaban J connectivity index is 1.72. The maximum absolute atomic E-state index is 13.1. The van der Waals surface area contributed by atoms with E-state index in [1.54, 1.807) is 18.9 Å². The Bertz CT molecular complexity index is 940. The molecule has 0 unspecified atom stereocenters. The summed E-state index contributed by atoms with van der Waals surface area (Å²) in [5.41, 5.74) is 3.17. The van der Waals surface area contributed by atoms with Crippen molar-refractivity contribution in [3.63, 3.8) is 0 Å². The zero-order chi connectivity index (χ0) is 18.8. The summed E-state index contributed by atoms with van der Waals surface area (Å²) in [4.78, 5) is 16.1. The van der Waals surface area contributed by atoms with Crippen molar-refractivity contribution in [2.75, 3.05) is 12.0 Å². The van der Waals surface area contributed by atoms with Gasteiger partial charge in [-0.15, -0.1) is 11.8 Å². The highest BCUT2D eigenvalue weighted by atomic mass is 32.2. The van der Waals surface area contributed by atoms with Crippen molar-refractivity contribution in [2.24, 2.45) is 0 Å². The number of amides is 1. The van der Waals surface area contributed by atoms with Crippen LogP contribution in [-0.4, -0.2) is 18.3 Å². The van der Waals surface area contributed by atoms with Crippen LogP contribution in [0.3, 0.4) is 0 Å². The molecule has 2 atom stereocenters. The van der Waals surface area contributed by atoms with E-state index in [0.29, 0.717) is 5.75 Å². The molecule has 0 aromatic heterocycles. The lowest BCUT2D eigenvalue weighted by molar-refractivity contribution is -0.123. The topological polar surface area (TPSA) is 29.5 Å². The van der Waals surface area contributed by atoms with Gasteiger partial charge in [0, 0.05) is 4.90 Å². The molecule has 1 heterocycles. The van der Waals surface area contributed by atoms with Gasteiger partial charge in [-0.3, -0.25) is 9.69 Å². The molecule has 1 amide bonds. The van der Waals surface area contributed by atoms with Crippen molar-refractivity contribution < 1.29 is 9.53 Å². The molecule has 3 aromatic rings. The van der Waals surface area contributed by atoms with Gasteiger partial charge < -0.3 is 4.74 Å². The summed E-state index contributed by atoms with van der Waals surface area (Å²) in [5, 5.41) is -0.153. The van der Waals surface area contributed by atoms with Crippen LogP contribution in [0, 0.1) is 6.92 Å². The molecule has 1 aliphatic heterocycles. The molecule has 1 fully saturated rings. The molecule has 4 heteroatoms. The Kier molecular flexibility index (Phi) is 4.90. The summed E-state index contributed by atoms with van der Waals surface area (Å²) < 4.78 is 5.51. The van der Waals surface area contributed by atoms with E-state index in [0.717, 1.165) is 16.1 Å². The minimum Gasteiger partial charge on any atom is -0.495 e. The first-order chi connectivity index (χ1) is 13.2. The number of carbonyl (C=O) groups is 1. The standard InChI is InChI=1S/C23H21NO2S/c1-16-12-14-17(15-13-16)21-22(27-18-8-4-3-5-9-18)23(25)24(21)19-10-6-7-11-20(19)26-2/h3-15,21-22H,1-2H3/t21-,22+/m0/s1. The van der Waals surface area contributed by atoms with Gasteiger partial charge in [0.1, 0.15) is 11.0 Å². The second-order valence-corrected chi connectivity index (χ2v) is 7.80. The maximum atomic E-state index is 13.1. The van der Waals surface area contributed by atoms with Gasteiger partial charge >= 0.3 is 0 Å². The Hall–Kier alpha value is -2.72. The van der Waals surface area contributed by atoms with Crippen molar-refractivity contribution >= 4 is 23.4 Å². The van der Waals surface area contributed by atoms with E-state index in [4.69, 9.17) is 4.74 Å². The lowest BCUT2D eigenvalue weighted by atomic mass is 9.91. The minimum atomic E-state index is -0.153. The normalized spacial score (nSPS) is 18.9. The number of aryl methyl sites for hydroxylation is 1. The van der Waals surface area contributed by atoms with E-state index >= 15 is 0 Å². The van der Waals surface area contributed by atoms with Crippen LogP contribution in [0.1, 0.15) is 17.2 Å². The monoisotopic (exact) mass is 375 g/mol. The third kappa shape index (κ3) is 3.33. The van der Waals surface area contributed by atoms with Crippen LogP contribution < -0.4 is 9.64 Å². The lowest BCUT2D eigenvalue weighted by Crippen LogP contribution is -2.57. The average molecular weight is 375 g/mol. The fourth-order valence-electron chi connectivity index (χ4n) is 3.41. The second-order valence-electron chi connectivity index (χ2n) is 6.59. The van der Waals surface area contributed by atoms with Gasteiger partial charge in [-0.1, -0.05) is 60.2 Å². The van der Waals surface area contributed by atoms with E-state index in [9.17, 15) is 4.79 Å². The van der Waals surface area contributed by atoms with Crippen molar-refractivity contribution in [3.8, 4) is 5.75 Å². The molecular formula is C23H21NO2S. The van der Waals surface area contributed by atoms with E-state index in [2.05, 4.69) is 43.3 Å². The first-order valence-corrected chi connectivity index (χ1v) is 9.81. The Labute approximate surface area is 164 Å². The zero-order valence-corrected chi connectivity index (χ0v) is 16.1. The van der Waals surface area contributed by atoms with Crippen LogP contribution in [0.5, 0.6) is 5.75 Å². The van der Waals surface area contributed by atoms with Gasteiger partial charge in [0.2, 0.25) is 5.91 Å². The molecule has 1 aliphatic rings. The van der Waals surface area contributed by atoms with Crippen LogP contribution >= 0.6 is 11.8 Å². The number of rotatable bonds is 5. The van der Waals surface area contributed by atoms with Crippen LogP contribution in [-0.2, 0) is 4.79 Å². The SMILES string of the molecule is COc1ccccc1N1C(=O)[C@H](Sc2ccccc2)[C@@H]1c1ccc(C)cc1. The second kappa shape index (κ2) is 7.49. The number of thioether (sulfide) groups is 1. The molecule has 3 nitrogen and oxygen atoms in total. The van der Waals surface area contributed by atoms with Crippen molar-refractivity contribution in [3.05, 3.63) is 90.0 Å². The molecule has 0 aliphatic carbocycles. The highest BCUT2D eigenvalue weighted by Crippen LogP contribution is 2.49. The summed E-state index contributed by atoms with van der Waals surface area (Å²) in [6, 6.07) is 26.2. The van der Waals surface area contributed by atoms with Crippen molar-refractivity contribution in [1.29, 1.82) is 0 Å². The fourth-order valence-corrected chi connectivity index (χ4v) is 4.64. The predicted octanol–water partition coefficient (Wildman–Crippen LogP) is 5.25. The summed E-state index contributed by atoms with van der Waals surface area (Å²) in [6.45, 7) is 2.07. The number of hydrogen-bond acceptors (Lipinski definition) is 3. The minimum absolute atomic E-state index is 0.0281. The Morgan fingerprint density at radius 3 is 2.26 bits per heavy atom. The molecule has 0 saturated carbocycles. The number of ether oxygens (including phenoxy) is 1. The van der Waals surface area contributed by atoms with Gasteiger partial charge in [0.25, 0.3) is 0 Å². The lowest BCUT2D eigenvalue weighted by Gasteiger charge is -2.47. The molecule has 0 N–H and O–H groups in total. The first kappa shape index (κ1) is 17.7. The molecule has 136 valence electrons. The third-order valence-corrected chi connectivity index (χ3v) is 6.07. The molecule has 0 spiro atoms. The van der Waals surface area contributed by atoms with E-state index in [-0.39, 0.29) is 17.2 Å². The molecule has 27 heavy (non-hydrogen) atoms. The number of nitrogens with zero attached hydrogens (tertiary/aromatic N) is 1. The number of hydrogen-bond donors (Lipinski definition) is 0. The molecular weight excluding hydrogens is 354 g/mol. The summed E-state index contributed by atoms with van der Waals surface area (Å²) >= 11 is 1.63. The number of β-lactam (4-membered cyclic amide) rings is 1. The van der Waals surface area contributed by atoms with Gasteiger partial charge in [-0.25, -0.2) is 0 Å². The highest BCUT2D eigenvalue weighted by molar-refractivity contribution is 8.00. The van der Waals surface area contributed by atoms with Gasteiger partial charge in [-0.2, -0.15) is 0 Å². The van der Waals surface area contributed by atoms with Crippen LogP contribution in [0.15, 0.2) is 83.8 Å². The third-order valence-electron chi connectivity index (χ3n) is 4.82. The van der Waals surface area contributed by atoms with Gasteiger partial charge in [-0.05, 0) is 36.8 Å². The predicted molar refractivity (Wildman–Crippen MR) is 110 cm³/mol. The van der Waals surface area contributed by atoms with Gasteiger partial charge in [0.15, 0.2) is 0 Å². The van der Waals surface area contributed by atoms with Crippen LogP contribution in [0.4, 0.5) is 5.69 Å². The fraction of sp³-hybridized carbons (Fsp3) is 0.174. The van der Waals surface area contributed by atoms with Crippen LogP contribution in [0.25, 0.3) is 0 Å². The number of anilines is 1. The quantitative estimate of drug-likeness (QED) is 0.570. The van der Waals surface area contributed by atoms with Crippen molar-refractivity contribution in [1.82, 2.24) is 0 Å². The maximum Gasteiger partial charge on any atom is 0.243 e. The first-order valence-electron chi connectivity index (χ1n) is 8.93. The summed E-state index contributed by atoms with van der Waals surface area (Å²) in [5.74, 6) is 0.824. The van der Waals surface area contributed by atoms with Gasteiger partial charge in [0.05, 0.1) is 18.8 Å². The largest absolute Gasteiger partial charge is 0.495 e. The van der Waals surface area contributed by atoms with E-state index < -0.39 is 0 Å². The number of methoxy groups -OCH3 is 1. The molecule has 3 aromatic carbocycles. The summed E-state index contributed by atoms with van der Waals surface area (Å²) in [7, 11) is 1.64. The molecule has 4 rings (SSSR count).